The summed E-state index contributed by atoms with van der Waals surface area (Å²) in [7, 11) is 0. The predicted octanol–water partition coefficient (Wildman–Crippen LogP) is 4.85. The molecule has 1 aliphatic rings. The van der Waals surface area contributed by atoms with Crippen molar-refractivity contribution < 1.29 is 9.90 Å². The number of benzene rings is 1. The molecular weight excluding hydrogens is 406 g/mol. The minimum Gasteiger partial charge on any atom is -0.507 e. The highest BCUT2D eigenvalue weighted by molar-refractivity contribution is 7.12. The van der Waals surface area contributed by atoms with Crippen LogP contribution in [0.5, 0.6) is 5.75 Å². The molecular formula is C25H29N3O2S. The summed E-state index contributed by atoms with van der Waals surface area (Å²) in [5.74, 6) is 0.631. The number of nitrogens with zero attached hydrogens (tertiary/aromatic N) is 2. The maximum absolute atomic E-state index is 12.8. The minimum absolute atomic E-state index is 0.0347. The fraction of sp³-hybridized carbons (Fsp3) is 0.360. The molecule has 4 rings (SSSR count). The fourth-order valence-corrected chi connectivity index (χ4v) is 5.14. The zero-order valence-electron chi connectivity index (χ0n) is 18.0. The van der Waals surface area contributed by atoms with Gasteiger partial charge in [-0.3, -0.25) is 14.7 Å². The van der Waals surface area contributed by atoms with Crippen LogP contribution in [0.3, 0.4) is 0 Å². The summed E-state index contributed by atoms with van der Waals surface area (Å²) in [5, 5.41) is 15.3. The van der Waals surface area contributed by atoms with E-state index in [1.54, 1.807) is 6.20 Å². The number of hydrogen-bond donors (Lipinski definition) is 2. The summed E-state index contributed by atoms with van der Waals surface area (Å²) in [4.78, 5) is 20.6. The number of pyridine rings is 1. The number of piperidine rings is 1. The van der Waals surface area contributed by atoms with Crippen molar-refractivity contribution in [2.75, 3.05) is 13.1 Å². The Morgan fingerprint density at radius 3 is 2.74 bits per heavy atom. The molecule has 1 aliphatic heterocycles. The number of likely N-dealkylation sites (tertiary alicyclic amines) is 1. The summed E-state index contributed by atoms with van der Waals surface area (Å²) in [6.07, 6.45) is 3.93. The van der Waals surface area contributed by atoms with Crippen LogP contribution in [-0.2, 0) is 6.54 Å². The number of hydrogen-bond acceptors (Lipinski definition) is 5. The number of amides is 1. The van der Waals surface area contributed by atoms with E-state index in [4.69, 9.17) is 0 Å². The van der Waals surface area contributed by atoms with Gasteiger partial charge < -0.3 is 10.4 Å². The van der Waals surface area contributed by atoms with Crippen molar-refractivity contribution in [3.05, 3.63) is 81.3 Å². The highest BCUT2D eigenvalue weighted by Crippen LogP contribution is 2.31. The number of nitrogens with one attached hydrogen (secondary N) is 1. The van der Waals surface area contributed by atoms with E-state index < -0.39 is 0 Å². The van der Waals surface area contributed by atoms with Crippen LogP contribution in [0.25, 0.3) is 0 Å². The molecule has 0 saturated carbocycles. The molecule has 2 N–H and O–H groups in total. The molecule has 5 nitrogen and oxygen atoms in total. The second-order valence-electron chi connectivity index (χ2n) is 8.40. The Bertz CT molecular complexity index is 998. The first kappa shape index (κ1) is 21.5. The molecule has 1 saturated heterocycles. The first-order valence-corrected chi connectivity index (χ1v) is 11.7. The lowest BCUT2D eigenvalue weighted by Gasteiger charge is -2.37. The molecule has 31 heavy (non-hydrogen) atoms. The van der Waals surface area contributed by atoms with Crippen LogP contribution in [0.1, 0.15) is 50.9 Å². The van der Waals surface area contributed by atoms with Crippen molar-refractivity contribution in [1.82, 2.24) is 15.2 Å². The van der Waals surface area contributed by atoms with Gasteiger partial charge in [-0.25, -0.2) is 0 Å². The van der Waals surface area contributed by atoms with Crippen LogP contribution in [-0.4, -0.2) is 34.0 Å². The third-order valence-electron chi connectivity index (χ3n) is 6.01. The zero-order chi connectivity index (χ0) is 21.8. The molecule has 0 bridgehead atoms. The number of phenolic OH excluding ortho intramolecular Hbond substituents is 1. The number of carbonyl (C=O) groups is 1. The van der Waals surface area contributed by atoms with Gasteiger partial charge in [0, 0.05) is 19.3 Å². The van der Waals surface area contributed by atoms with Gasteiger partial charge in [-0.2, -0.15) is 0 Å². The maximum Gasteiger partial charge on any atom is 0.261 e. The van der Waals surface area contributed by atoms with Crippen LogP contribution in [0.4, 0.5) is 0 Å². The van der Waals surface area contributed by atoms with E-state index in [1.807, 2.05) is 49.6 Å². The summed E-state index contributed by atoms with van der Waals surface area (Å²) in [6, 6.07) is 13.7. The minimum atomic E-state index is -0.123. The molecule has 2 aromatic heterocycles. The van der Waals surface area contributed by atoms with Gasteiger partial charge in [-0.15, -0.1) is 11.3 Å². The Kier molecular flexibility index (Phi) is 6.68. The van der Waals surface area contributed by atoms with Crippen LogP contribution in [0, 0.1) is 19.8 Å². The van der Waals surface area contributed by atoms with Gasteiger partial charge in [-0.1, -0.05) is 24.3 Å². The van der Waals surface area contributed by atoms with E-state index in [1.165, 1.54) is 16.9 Å². The molecule has 0 spiro atoms. The summed E-state index contributed by atoms with van der Waals surface area (Å²) in [5.41, 5.74) is 3.96. The topological polar surface area (TPSA) is 65.5 Å². The van der Waals surface area contributed by atoms with Crippen LogP contribution >= 0.6 is 11.3 Å². The summed E-state index contributed by atoms with van der Waals surface area (Å²) < 4.78 is 0. The van der Waals surface area contributed by atoms with Gasteiger partial charge in [0.25, 0.3) is 5.91 Å². The molecule has 162 valence electrons. The highest BCUT2D eigenvalue weighted by atomic mass is 32.1. The first-order chi connectivity index (χ1) is 15.0. The van der Waals surface area contributed by atoms with E-state index in [9.17, 15) is 9.90 Å². The normalized spacial score (nSPS) is 17.9. The Morgan fingerprint density at radius 1 is 1.26 bits per heavy atom. The lowest BCUT2D eigenvalue weighted by atomic mass is 9.88. The smallest absolute Gasteiger partial charge is 0.261 e. The maximum atomic E-state index is 12.8. The van der Waals surface area contributed by atoms with E-state index in [0.29, 0.717) is 5.75 Å². The number of carbonyl (C=O) groups excluding carboxylic acids is 1. The Morgan fingerprint density at radius 2 is 2.06 bits per heavy atom. The number of rotatable bonds is 6. The molecule has 1 amide bonds. The first-order valence-electron chi connectivity index (χ1n) is 10.8. The Balaban J connectivity index is 1.52. The largest absolute Gasteiger partial charge is 0.507 e. The van der Waals surface area contributed by atoms with Gasteiger partial charge in [0.05, 0.1) is 16.6 Å². The monoisotopic (exact) mass is 435 g/mol. The molecule has 2 atom stereocenters. The summed E-state index contributed by atoms with van der Waals surface area (Å²) in [6.45, 7) is 6.66. The highest BCUT2D eigenvalue weighted by Gasteiger charge is 2.31. The quantitative estimate of drug-likeness (QED) is 0.581. The molecule has 0 radical (unpaired) electrons. The molecule has 0 aliphatic carbocycles. The van der Waals surface area contributed by atoms with E-state index in [-0.39, 0.29) is 17.9 Å². The van der Waals surface area contributed by atoms with Crippen molar-refractivity contribution in [3.63, 3.8) is 0 Å². The predicted molar refractivity (Wildman–Crippen MR) is 124 cm³/mol. The number of aryl methyl sites for hydroxylation is 2. The molecule has 0 unspecified atom stereocenters. The second-order valence-corrected chi connectivity index (χ2v) is 9.35. The number of aromatic hydroxyl groups is 1. The van der Waals surface area contributed by atoms with Gasteiger partial charge in [0.1, 0.15) is 5.75 Å². The number of thiophene rings is 1. The second kappa shape index (κ2) is 9.62. The van der Waals surface area contributed by atoms with Gasteiger partial charge in [-0.05, 0) is 79.4 Å². The van der Waals surface area contributed by atoms with Crippen molar-refractivity contribution in [1.29, 1.82) is 0 Å². The van der Waals surface area contributed by atoms with Gasteiger partial charge in [0.2, 0.25) is 0 Å². The average molecular weight is 436 g/mol. The number of phenols is 1. The molecule has 1 aromatic carbocycles. The summed E-state index contributed by atoms with van der Waals surface area (Å²) >= 11 is 1.46. The van der Waals surface area contributed by atoms with Crippen LogP contribution in [0.15, 0.2) is 54.0 Å². The Hall–Kier alpha value is -2.70. The third kappa shape index (κ3) is 5.14. The van der Waals surface area contributed by atoms with E-state index >= 15 is 0 Å². The molecule has 3 aromatic rings. The van der Waals surface area contributed by atoms with Crippen LogP contribution in [0.2, 0.25) is 0 Å². The van der Waals surface area contributed by atoms with Gasteiger partial charge in [0.15, 0.2) is 0 Å². The zero-order valence-corrected chi connectivity index (χ0v) is 18.9. The SMILES string of the molecule is Cc1cc(CN2CCC[C@@H]([C@@H](NC(=O)c3cccs3)c3ccccn3)C2)cc(C)c1O. The molecule has 6 heteroatoms. The van der Waals surface area contributed by atoms with Crippen molar-refractivity contribution in [3.8, 4) is 5.75 Å². The third-order valence-corrected chi connectivity index (χ3v) is 6.88. The Labute approximate surface area is 187 Å². The van der Waals surface area contributed by atoms with Crippen molar-refractivity contribution in [2.24, 2.45) is 5.92 Å². The number of aromatic nitrogens is 1. The molecule has 3 heterocycles. The van der Waals surface area contributed by atoms with Crippen molar-refractivity contribution >= 4 is 17.2 Å². The van der Waals surface area contributed by atoms with Crippen LogP contribution < -0.4 is 5.32 Å². The fourth-order valence-electron chi connectivity index (χ4n) is 4.52. The van der Waals surface area contributed by atoms with Crippen molar-refractivity contribution in [2.45, 2.75) is 39.3 Å². The van der Waals surface area contributed by atoms with E-state index in [0.717, 1.165) is 54.2 Å². The average Bonchev–Trinajstić information content (AvgIpc) is 3.31. The lowest BCUT2D eigenvalue weighted by molar-refractivity contribution is 0.0879. The molecule has 1 fully saturated rings. The lowest BCUT2D eigenvalue weighted by Crippen LogP contribution is -2.43. The van der Waals surface area contributed by atoms with E-state index in [2.05, 4.69) is 27.3 Å². The van der Waals surface area contributed by atoms with Gasteiger partial charge >= 0.3 is 0 Å². The standard InChI is InChI=1S/C25H29N3O2S/c1-17-13-19(14-18(2)24(17)29)15-28-11-5-7-20(16-28)23(21-8-3-4-10-26-21)27-25(30)22-9-6-12-31-22/h3-4,6,8-10,12-14,20,23,29H,5,7,11,15-16H2,1-2H3,(H,27,30)/t20-,23-/m1/s1.